The first kappa shape index (κ1) is 11.4. The fourth-order valence-corrected chi connectivity index (χ4v) is 1.10. The van der Waals surface area contributed by atoms with Crippen LogP contribution in [0.25, 0.3) is 0 Å². The Morgan fingerprint density at radius 1 is 1.47 bits per heavy atom. The van der Waals surface area contributed by atoms with Gasteiger partial charge in [-0.25, -0.2) is 0 Å². The van der Waals surface area contributed by atoms with Gasteiger partial charge in [0.05, 0.1) is 0 Å². The molecule has 1 amide bonds. The van der Waals surface area contributed by atoms with Gasteiger partial charge in [-0.3, -0.25) is 4.79 Å². The number of likely N-dealkylation sites (N-methyl/N-ethyl adjacent to an activating group) is 1. The average Bonchev–Trinajstić information content (AvgIpc) is 2.15. The van der Waals surface area contributed by atoms with Crippen LogP contribution in [0.2, 0.25) is 0 Å². The Labute approximate surface area is 89.6 Å². The number of anilines is 1. The summed E-state index contributed by atoms with van der Waals surface area (Å²) in [6.45, 7) is 1.95. The fraction of sp³-hybridized carbons (Fsp3) is 0.364. The lowest BCUT2D eigenvalue weighted by Crippen LogP contribution is -2.27. The first-order chi connectivity index (χ1) is 7.00. The number of aryl methyl sites for hydroxylation is 1. The van der Waals surface area contributed by atoms with E-state index < -0.39 is 0 Å². The molecule has 15 heavy (non-hydrogen) atoms. The van der Waals surface area contributed by atoms with E-state index >= 15 is 0 Å². The SMILES string of the molecule is Cc1cc(N)ccc1OCC(=O)N(C)C. The molecule has 0 aliphatic carbocycles. The number of nitrogen functional groups attached to an aromatic ring is 1. The highest BCUT2D eigenvalue weighted by Gasteiger charge is 2.06. The molecule has 0 unspecified atom stereocenters. The van der Waals surface area contributed by atoms with E-state index in [1.165, 1.54) is 4.90 Å². The topological polar surface area (TPSA) is 55.6 Å². The number of benzene rings is 1. The Hall–Kier alpha value is -1.71. The van der Waals surface area contributed by atoms with Crippen LogP contribution in [-0.4, -0.2) is 31.5 Å². The smallest absolute Gasteiger partial charge is 0.259 e. The molecule has 0 fully saturated rings. The summed E-state index contributed by atoms with van der Waals surface area (Å²) in [5, 5.41) is 0. The van der Waals surface area contributed by atoms with Gasteiger partial charge in [0.25, 0.3) is 5.91 Å². The summed E-state index contributed by atoms with van der Waals surface area (Å²) in [5.41, 5.74) is 7.23. The molecule has 0 heterocycles. The average molecular weight is 208 g/mol. The van der Waals surface area contributed by atoms with E-state index in [4.69, 9.17) is 10.5 Å². The van der Waals surface area contributed by atoms with Crippen molar-refractivity contribution in [2.24, 2.45) is 0 Å². The lowest BCUT2D eigenvalue weighted by molar-refractivity contribution is -0.130. The van der Waals surface area contributed by atoms with E-state index in [2.05, 4.69) is 0 Å². The molecule has 4 nitrogen and oxygen atoms in total. The molecule has 82 valence electrons. The van der Waals surface area contributed by atoms with Gasteiger partial charge in [-0.1, -0.05) is 0 Å². The van der Waals surface area contributed by atoms with Crippen LogP contribution in [-0.2, 0) is 4.79 Å². The summed E-state index contributed by atoms with van der Waals surface area (Å²) >= 11 is 0. The molecular formula is C11H16N2O2. The highest BCUT2D eigenvalue weighted by molar-refractivity contribution is 5.77. The van der Waals surface area contributed by atoms with Crippen molar-refractivity contribution in [3.63, 3.8) is 0 Å². The Morgan fingerprint density at radius 2 is 2.13 bits per heavy atom. The van der Waals surface area contributed by atoms with Crippen LogP contribution in [0.15, 0.2) is 18.2 Å². The Bertz CT molecular complexity index is 362. The predicted molar refractivity (Wildman–Crippen MR) is 59.8 cm³/mol. The van der Waals surface area contributed by atoms with Crippen molar-refractivity contribution in [2.45, 2.75) is 6.92 Å². The zero-order chi connectivity index (χ0) is 11.4. The molecule has 0 aliphatic rings. The minimum absolute atomic E-state index is 0.0533. The van der Waals surface area contributed by atoms with E-state index in [0.29, 0.717) is 11.4 Å². The summed E-state index contributed by atoms with van der Waals surface area (Å²) < 4.78 is 5.37. The Morgan fingerprint density at radius 3 is 2.67 bits per heavy atom. The second-order valence-electron chi connectivity index (χ2n) is 3.60. The number of hydrogen-bond donors (Lipinski definition) is 1. The van der Waals surface area contributed by atoms with Crippen LogP contribution in [0, 0.1) is 6.92 Å². The third-order valence-electron chi connectivity index (χ3n) is 2.05. The number of amides is 1. The summed E-state index contributed by atoms with van der Waals surface area (Å²) in [6, 6.07) is 5.34. The summed E-state index contributed by atoms with van der Waals surface area (Å²) in [7, 11) is 3.39. The number of rotatable bonds is 3. The first-order valence-electron chi connectivity index (χ1n) is 4.70. The predicted octanol–water partition coefficient (Wildman–Crippen LogP) is 1.04. The molecule has 1 aromatic rings. The molecule has 2 N–H and O–H groups in total. The minimum atomic E-state index is -0.0637. The number of hydrogen-bond acceptors (Lipinski definition) is 3. The molecule has 1 rings (SSSR count). The fourth-order valence-electron chi connectivity index (χ4n) is 1.10. The van der Waals surface area contributed by atoms with Crippen molar-refractivity contribution < 1.29 is 9.53 Å². The quantitative estimate of drug-likeness (QED) is 0.755. The zero-order valence-corrected chi connectivity index (χ0v) is 9.28. The molecule has 0 aliphatic heterocycles. The molecule has 0 atom stereocenters. The second-order valence-corrected chi connectivity index (χ2v) is 3.60. The normalized spacial score (nSPS) is 9.80. The van der Waals surface area contributed by atoms with Crippen molar-refractivity contribution in [3.8, 4) is 5.75 Å². The Kier molecular flexibility index (Phi) is 3.55. The zero-order valence-electron chi connectivity index (χ0n) is 9.28. The van der Waals surface area contributed by atoms with E-state index in [0.717, 1.165) is 5.56 Å². The molecule has 0 bridgehead atoms. The van der Waals surface area contributed by atoms with Crippen LogP contribution in [0.4, 0.5) is 5.69 Å². The van der Waals surface area contributed by atoms with Gasteiger partial charge in [0.1, 0.15) is 5.75 Å². The van der Waals surface area contributed by atoms with Crippen LogP contribution < -0.4 is 10.5 Å². The maximum atomic E-state index is 11.3. The van der Waals surface area contributed by atoms with Gasteiger partial charge in [-0.05, 0) is 30.7 Å². The highest BCUT2D eigenvalue weighted by atomic mass is 16.5. The molecule has 4 heteroatoms. The third kappa shape index (κ3) is 3.16. The van der Waals surface area contributed by atoms with Crippen LogP contribution in [0.5, 0.6) is 5.75 Å². The van der Waals surface area contributed by atoms with Crippen LogP contribution in [0.3, 0.4) is 0 Å². The first-order valence-corrected chi connectivity index (χ1v) is 4.70. The van der Waals surface area contributed by atoms with Crippen molar-refractivity contribution in [3.05, 3.63) is 23.8 Å². The lowest BCUT2D eigenvalue weighted by Gasteiger charge is -2.12. The second kappa shape index (κ2) is 4.68. The van der Waals surface area contributed by atoms with E-state index in [9.17, 15) is 4.79 Å². The van der Waals surface area contributed by atoms with Crippen molar-refractivity contribution >= 4 is 11.6 Å². The molecule has 0 saturated carbocycles. The monoisotopic (exact) mass is 208 g/mol. The molecule has 0 spiro atoms. The molecule has 1 aromatic carbocycles. The maximum Gasteiger partial charge on any atom is 0.259 e. The molecule has 0 radical (unpaired) electrons. The van der Waals surface area contributed by atoms with Crippen molar-refractivity contribution in [1.29, 1.82) is 0 Å². The molecule has 0 aromatic heterocycles. The van der Waals surface area contributed by atoms with Gasteiger partial charge in [0.15, 0.2) is 6.61 Å². The summed E-state index contributed by atoms with van der Waals surface area (Å²) in [4.78, 5) is 12.8. The molecular weight excluding hydrogens is 192 g/mol. The van der Waals surface area contributed by atoms with Gasteiger partial charge in [0.2, 0.25) is 0 Å². The van der Waals surface area contributed by atoms with E-state index in [1.807, 2.05) is 13.0 Å². The van der Waals surface area contributed by atoms with Gasteiger partial charge >= 0.3 is 0 Å². The number of ether oxygens (including phenoxy) is 1. The van der Waals surface area contributed by atoms with Crippen molar-refractivity contribution in [2.75, 3.05) is 26.4 Å². The highest BCUT2D eigenvalue weighted by Crippen LogP contribution is 2.19. The van der Waals surface area contributed by atoms with Gasteiger partial charge in [-0.15, -0.1) is 0 Å². The standard InChI is InChI=1S/C11H16N2O2/c1-8-6-9(12)4-5-10(8)15-7-11(14)13(2)3/h4-6H,7,12H2,1-3H3. The van der Waals surface area contributed by atoms with Crippen LogP contribution in [0.1, 0.15) is 5.56 Å². The summed E-state index contributed by atoms with van der Waals surface area (Å²) in [5.74, 6) is 0.630. The number of carbonyl (C=O) groups excluding carboxylic acids is 1. The maximum absolute atomic E-state index is 11.3. The third-order valence-corrected chi connectivity index (χ3v) is 2.05. The van der Waals surface area contributed by atoms with Crippen LogP contribution >= 0.6 is 0 Å². The lowest BCUT2D eigenvalue weighted by atomic mass is 10.2. The molecule has 0 saturated heterocycles. The van der Waals surface area contributed by atoms with Gasteiger partial charge in [0, 0.05) is 19.8 Å². The summed E-state index contributed by atoms with van der Waals surface area (Å²) in [6.07, 6.45) is 0. The number of nitrogens with two attached hydrogens (primary N) is 1. The van der Waals surface area contributed by atoms with E-state index in [1.54, 1.807) is 26.2 Å². The number of carbonyl (C=O) groups is 1. The Balaban J connectivity index is 2.62. The van der Waals surface area contributed by atoms with E-state index in [-0.39, 0.29) is 12.5 Å². The van der Waals surface area contributed by atoms with Gasteiger partial charge < -0.3 is 15.4 Å². The minimum Gasteiger partial charge on any atom is -0.483 e. The largest absolute Gasteiger partial charge is 0.483 e. The van der Waals surface area contributed by atoms with Crippen molar-refractivity contribution in [1.82, 2.24) is 4.90 Å². The number of nitrogens with zero attached hydrogens (tertiary/aromatic N) is 1. The van der Waals surface area contributed by atoms with Gasteiger partial charge in [-0.2, -0.15) is 0 Å².